The number of nitrogens with zero attached hydrogens (tertiary/aromatic N) is 2. The Morgan fingerprint density at radius 2 is 1.81 bits per heavy atom. The summed E-state index contributed by atoms with van der Waals surface area (Å²) in [5.41, 5.74) is 2.26. The molecule has 0 bridgehead atoms. The summed E-state index contributed by atoms with van der Waals surface area (Å²) >= 11 is 0. The van der Waals surface area contributed by atoms with Gasteiger partial charge >= 0.3 is 0 Å². The number of carbonyl (C=O) groups is 1. The number of hydrogen-bond donors (Lipinski definition) is 1. The second-order valence-corrected chi connectivity index (χ2v) is 6.95. The molecule has 0 aliphatic carbocycles. The molecule has 1 aliphatic heterocycles. The summed E-state index contributed by atoms with van der Waals surface area (Å²) in [6.07, 6.45) is 1.44. The van der Waals surface area contributed by atoms with E-state index >= 15 is 0 Å². The molecular formula is C22H21FN2O2. The van der Waals surface area contributed by atoms with Crippen molar-refractivity contribution in [1.82, 2.24) is 4.98 Å². The SMILES string of the molecule is O=C(c1ccc(F)cc1)C1CCN(c2nc3ccccc3cc2CO)CC1. The summed E-state index contributed by atoms with van der Waals surface area (Å²) in [6.45, 7) is 1.34. The number of rotatable bonds is 4. The first-order chi connectivity index (χ1) is 13.2. The molecule has 5 heteroatoms. The fourth-order valence-electron chi connectivity index (χ4n) is 3.74. The highest BCUT2D eigenvalue weighted by Crippen LogP contribution is 2.29. The van der Waals surface area contributed by atoms with Crippen LogP contribution in [0.2, 0.25) is 0 Å². The molecule has 138 valence electrons. The largest absolute Gasteiger partial charge is 0.392 e. The molecular weight excluding hydrogens is 343 g/mol. The normalized spacial score (nSPS) is 15.3. The maximum Gasteiger partial charge on any atom is 0.166 e. The number of aromatic nitrogens is 1. The molecule has 4 rings (SSSR count). The quantitative estimate of drug-likeness (QED) is 0.712. The molecule has 0 saturated carbocycles. The van der Waals surface area contributed by atoms with E-state index in [-0.39, 0.29) is 24.1 Å². The first-order valence-electron chi connectivity index (χ1n) is 9.20. The van der Waals surface area contributed by atoms with Gasteiger partial charge in [0.05, 0.1) is 12.1 Å². The van der Waals surface area contributed by atoms with Crippen LogP contribution < -0.4 is 4.90 Å². The standard InChI is InChI=1S/C22H21FN2O2/c23-19-7-5-15(6-8-19)21(27)16-9-11-25(12-10-16)22-18(14-26)13-17-3-1-2-4-20(17)24-22/h1-8,13,16,26H,9-12,14H2. The first-order valence-corrected chi connectivity index (χ1v) is 9.20. The molecule has 0 radical (unpaired) electrons. The summed E-state index contributed by atoms with van der Waals surface area (Å²) in [5.74, 6) is 0.470. The second-order valence-electron chi connectivity index (χ2n) is 6.95. The van der Waals surface area contributed by atoms with Gasteiger partial charge in [0.25, 0.3) is 0 Å². The third-order valence-electron chi connectivity index (χ3n) is 5.24. The summed E-state index contributed by atoms with van der Waals surface area (Å²) in [6, 6.07) is 15.6. The second kappa shape index (κ2) is 7.45. The minimum absolute atomic E-state index is 0.0651. The van der Waals surface area contributed by atoms with Gasteiger partial charge in [0, 0.05) is 35.5 Å². The Kier molecular flexibility index (Phi) is 4.86. The highest BCUT2D eigenvalue weighted by molar-refractivity contribution is 5.98. The molecule has 1 N–H and O–H groups in total. The molecule has 4 nitrogen and oxygen atoms in total. The lowest BCUT2D eigenvalue weighted by Crippen LogP contribution is -2.37. The van der Waals surface area contributed by atoms with Crippen molar-refractivity contribution < 1.29 is 14.3 Å². The van der Waals surface area contributed by atoms with Crippen LogP contribution in [0, 0.1) is 11.7 Å². The first kappa shape index (κ1) is 17.6. The van der Waals surface area contributed by atoms with Crippen LogP contribution in [0.5, 0.6) is 0 Å². The van der Waals surface area contributed by atoms with E-state index in [4.69, 9.17) is 4.98 Å². The lowest BCUT2D eigenvalue weighted by Gasteiger charge is -2.33. The summed E-state index contributed by atoms with van der Waals surface area (Å²) in [4.78, 5) is 19.5. The Morgan fingerprint density at radius 3 is 2.52 bits per heavy atom. The number of halogens is 1. The number of piperidine rings is 1. The Labute approximate surface area is 157 Å². The van der Waals surface area contributed by atoms with E-state index in [1.165, 1.54) is 12.1 Å². The number of ketones is 1. The van der Waals surface area contributed by atoms with Gasteiger partial charge < -0.3 is 10.0 Å². The van der Waals surface area contributed by atoms with Gasteiger partial charge in [0.1, 0.15) is 11.6 Å². The van der Waals surface area contributed by atoms with Crippen LogP contribution in [0.25, 0.3) is 10.9 Å². The van der Waals surface area contributed by atoms with E-state index in [9.17, 15) is 14.3 Å². The van der Waals surface area contributed by atoms with Gasteiger partial charge in [-0.1, -0.05) is 18.2 Å². The van der Waals surface area contributed by atoms with Crippen molar-refractivity contribution in [3.05, 3.63) is 71.5 Å². The predicted octanol–water partition coefficient (Wildman–Crippen LogP) is 3.97. The average molecular weight is 364 g/mol. The zero-order valence-corrected chi connectivity index (χ0v) is 14.9. The Morgan fingerprint density at radius 1 is 1.11 bits per heavy atom. The van der Waals surface area contributed by atoms with Crippen LogP contribution >= 0.6 is 0 Å². The van der Waals surface area contributed by atoms with Crippen LogP contribution in [0.1, 0.15) is 28.8 Å². The van der Waals surface area contributed by atoms with Gasteiger partial charge in [-0.05, 0) is 49.2 Å². The highest BCUT2D eigenvalue weighted by atomic mass is 19.1. The van der Waals surface area contributed by atoms with Crippen LogP contribution in [0.15, 0.2) is 54.6 Å². The fraction of sp³-hybridized carbons (Fsp3) is 0.273. The maximum atomic E-state index is 13.1. The molecule has 1 aromatic heterocycles. The van der Waals surface area contributed by atoms with Crippen molar-refractivity contribution in [2.75, 3.05) is 18.0 Å². The molecule has 2 aromatic carbocycles. The van der Waals surface area contributed by atoms with E-state index in [1.54, 1.807) is 12.1 Å². The predicted molar refractivity (Wildman–Crippen MR) is 103 cm³/mol. The number of carbonyl (C=O) groups excluding carboxylic acids is 1. The van der Waals surface area contributed by atoms with Crippen molar-refractivity contribution in [3.63, 3.8) is 0 Å². The van der Waals surface area contributed by atoms with Gasteiger partial charge in [-0.2, -0.15) is 0 Å². The summed E-state index contributed by atoms with van der Waals surface area (Å²) in [5, 5.41) is 10.8. The number of para-hydroxylation sites is 1. The van der Waals surface area contributed by atoms with Crippen LogP contribution in [0.3, 0.4) is 0 Å². The number of benzene rings is 2. The topological polar surface area (TPSA) is 53.4 Å². The van der Waals surface area contributed by atoms with E-state index in [0.717, 1.165) is 35.1 Å². The fourth-order valence-corrected chi connectivity index (χ4v) is 3.74. The molecule has 0 amide bonds. The minimum Gasteiger partial charge on any atom is -0.392 e. The molecule has 0 atom stereocenters. The monoisotopic (exact) mass is 364 g/mol. The van der Waals surface area contributed by atoms with Gasteiger partial charge in [-0.15, -0.1) is 0 Å². The lowest BCUT2D eigenvalue weighted by atomic mass is 9.88. The van der Waals surface area contributed by atoms with Crippen molar-refractivity contribution in [3.8, 4) is 0 Å². The highest BCUT2D eigenvalue weighted by Gasteiger charge is 2.27. The molecule has 1 saturated heterocycles. The number of fused-ring (bicyclic) bond motifs is 1. The van der Waals surface area contributed by atoms with Gasteiger partial charge in [0.2, 0.25) is 0 Å². The van der Waals surface area contributed by atoms with Crippen molar-refractivity contribution in [2.45, 2.75) is 19.4 Å². The van der Waals surface area contributed by atoms with Gasteiger partial charge in [-0.3, -0.25) is 4.79 Å². The van der Waals surface area contributed by atoms with E-state index in [2.05, 4.69) is 4.90 Å². The maximum absolute atomic E-state index is 13.1. The zero-order valence-electron chi connectivity index (χ0n) is 14.9. The number of aliphatic hydroxyl groups is 1. The lowest BCUT2D eigenvalue weighted by molar-refractivity contribution is 0.0900. The molecule has 27 heavy (non-hydrogen) atoms. The van der Waals surface area contributed by atoms with E-state index < -0.39 is 0 Å². The van der Waals surface area contributed by atoms with Crippen LogP contribution in [-0.4, -0.2) is 29.0 Å². The van der Waals surface area contributed by atoms with Crippen molar-refractivity contribution in [1.29, 1.82) is 0 Å². The van der Waals surface area contributed by atoms with E-state index in [0.29, 0.717) is 18.7 Å². The number of hydrogen-bond acceptors (Lipinski definition) is 4. The Hall–Kier alpha value is -2.79. The molecule has 1 fully saturated rings. The summed E-state index contributed by atoms with van der Waals surface area (Å²) in [7, 11) is 0. The third-order valence-corrected chi connectivity index (χ3v) is 5.24. The van der Waals surface area contributed by atoms with Crippen LogP contribution in [0.4, 0.5) is 10.2 Å². The number of pyridine rings is 1. The molecule has 0 spiro atoms. The van der Waals surface area contributed by atoms with Crippen molar-refractivity contribution >= 4 is 22.5 Å². The molecule has 0 unspecified atom stereocenters. The zero-order chi connectivity index (χ0) is 18.8. The third kappa shape index (κ3) is 3.55. The van der Waals surface area contributed by atoms with Gasteiger partial charge in [-0.25, -0.2) is 9.37 Å². The number of Topliss-reactive ketones (excluding diaryl/α,β-unsaturated/α-hetero) is 1. The smallest absolute Gasteiger partial charge is 0.166 e. The number of anilines is 1. The summed E-state index contributed by atoms with van der Waals surface area (Å²) < 4.78 is 13.1. The average Bonchev–Trinajstić information content (AvgIpc) is 2.73. The number of aliphatic hydroxyl groups excluding tert-OH is 1. The van der Waals surface area contributed by atoms with Crippen LogP contribution in [-0.2, 0) is 6.61 Å². The Balaban J connectivity index is 1.51. The molecule has 1 aliphatic rings. The minimum atomic E-state index is -0.333. The molecule has 2 heterocycles. The van der Waals surface area contributed by atoms with Gasteiger partial charge in [0.15, 0.2) is 5.78 Å². The van der Waals surface area contributed by atoms with E-state index in [1.807, 2.05) is 30.3 Å². The Bertz CT molecular complexity index is 964. The molecule has 3 aromatic rings. The van der Waals surface area contributed by atoms with Crippen molar-refractivity contribution in [2.24, 2.45) is 5.92 Å².